The molecule has 1 saturated heterocycles. The van der Waals surface area contributed by atoms with Gasteiger partial charge in [0.05, 0.1) is 12.2 Å². The number of hydrogen-bond acceptors (Lipinski definition) is 4. The van der Waals surface area contributed by atoms with Gasteiger partial charge in [-0.15, -0.1) is 0 Å². The molecule has 1 aromatic rings. The van der Waals surface area contributed by atoms with Crippen LogP contribution in [-0.4, -0.2) is 38.3 Å². The van der Waals surface area contributed by atoms with E-state index < -0.39 is 21.9 Å². The fourth-order valence-corrected chi connectivity index (χ4v) is 5.87. The van der Waals surface area contributed by atoms with Crippen LogP contribution >= 0.6 is 0 Å². The molecule has 1 aliphatic heterocycles. The molecule has 3 aliphatic carbocycles. The molecule has 0 bridgehead atoms. The summed E-state index contributed by atoms with van der Waals surface area (Å²) < 4.78 is 48.2. The van der Waals surface area contributed by atoms with Crippen LogP contribution in [0.5, 0.6) is 5.75 Å². The molecule has 3 atom stereocenters. The highest BCUT2D eigenvalue weighted by Gasteiger charge is 2.42. The number of halogens is 1. The molecular formula is C21H27FN2O4S. The summed E-state index contributed by atoms with van der Waals surface area (Å²) in [4.78, 5) is 12.5. The molecule has 5 rings (SSSR count). The Morgan fingerprint density at radius 2 is 1.93 bits per heavy atom. The van der Waals surface area contributed by atoms with E-state index in [0.29, 0.717) is 31.4 Å². The SMILES string of the molecule is O=C(NS(=O)(=O)N1CCC1)c1cc(C2CC2)c(OCC2CC[C@H]3C[C@H]3C2)cc1F. The van der Waals surface area contributed by atoms with Crippen molar-refractivity contribution in [3.05, 3.63) is 29.1 Å². The summed E-state index contributed by atoms with van der Waals surface area (Å²) in [6, 6.07) is 2.75. The molecule has 4 aliphatic rings. The number of carbonyl (C=O) groups excluding carboxylic acids is 1. The monoisotopic (exact) mass is 422 g/mol. The van der Waals surface area contributed by atoms with E-state index in [9.17, 15) is 17.6 Å². The van der Waals surface area contributed by atoms with Crippen molar-refractivity contribution in [1.82, 2.24) is 9.03 Å². The molecule has 158 valence electrons. The van der Waals surface area contributed by atoms with Gasteiger partial charge in [0.25, 0.3) is 5.91 Å². The van der Waals surface area contributed by atoms with Crippen molar-refractivity contribution in [3.63, 3.8) is 0 Å². The minimum atomic E-state index is -3.91. The highest BCUT2D eigenvalue weighted by atomic mass is 32.2. The molecule has 0 spiro atoms. The van der Waals surface area contributed by atoms with Crippen LogP contribution in [0.2, 0.25) is 0 Å². The van der Waals surface area contributed by atoms with Gasteiger partial charge in [0.2, 0.25) is 0 Å². The van der Waals surface area contributed by atoms with E-state index in [-0.39, 0.29) is 11.5 Å². The van der Waals surface area contributed by atoms with Crippen LogP contribution < -0.4 is 9.46 Å². The van der Waals surface area contributed by atoms with Crippen LogP contribution in [0.3, 0.4) is 0 Å². The average molecular weight is 423 g/mol. The molecule has 1 N–H and O–H groups in total. The second kappa shape index (κ2) is 7.23. The lowest BCUT2D eigenvalue weighted by atomic mass is 9.90. The van der Waals surface area contributed by atoms with Gasteiger partial charge in [-0.05, 0) is 80.2 Å². The second-order valence-corrected chi connectivity index (χ2v) is 10.7. The molecule has 8 heteroatoms. The van der Waals surface area contributed by atoms with Crippen LogP contribution in [0.1, 0.15) is 66.8 Å². The zero-order valence-corrected chi connectivity index (χ0v) is 17.2. The van der Waals surface area contributed by atoms with Crippen molar-refractivity contribution >= 4 is 16.1 Å². The quantitative estimate of drug-likeness (QED) is 0.732. The predicted octanol–water partition coefficient (Wildman–Crippen LogP) is 3.20. The van der Waals surface area contributed by atoms with E-state index in [1.165, 1.54) is 35.7 Å². The molecule has 0 radical (unpaired) electrons. The van der Waals surface area contributed by atoms with Crippen LogP contribution in [-0.2, 0) is 10.2 Å². The Morgan fingerprint density at radius 3 is 2.59 bits per heavy atom. The van der Waals surface area contributed by atoms with Crippen molar-refractivity contribution in [2.45, 2.75) is 50.9 Å². The van der Waals surface area contributed by atoms with Crippen LogP contribution in [0.25, 0.3) is 0 Å². The zero-order chi connectivity index (χ0) is 20.2. The summed E-state index contributed by atoms with van der Waals surface area (Å²) in [6.07, 6.45) is 7.70. The van der Waals surface area contributed by atoms with Gasteiger partial charge in [0, 0.05) is 19.2 Å². The molecule has 1 amide bonds. The zero-order valence-electron chi connectivity index (χ0n) is 16.4. The molecule has 3 saturated carbocycles. The first-order chi connectivity index (χ1) is 13.9. The Bertz CT molecular complexity index is 927. The van der Waals surface area contributed by atoms with E-state index in [0.717, 1.165) is 43.1 Å². The van der Waals surface area contributed by atoms with Crippen molar-refractivity contribution < 1.29 is 22.3 Å². The Balaban J connectivity index is 1.31. The molecule has 1 unspecified atom stereocenters. The first-order valence-electron chi connectivity index (χ1n) is 10.7. The number of benzene rings is 1. The maximum absolute atomic E-state index is 14.7. The maximum Gasteiger partial charge on any atom is 0.304 e. The smallest absolute Gasteiger partial charge is 0.304 e. The highest BCUT2D eigenvalue weighted by molar-refractivity contribution is 7.87. The van der Waals surface area contributed by atoms with Crippen LogP contribution in [0.4, 0.5) is 4.39 Å². The second-order valence-electron chi connectivity index (χ2n) is 9.08. The fraction of sp³-hybridized carbons (Fsp3) is 0.667. The molecule has 1 heterocycles. The third-order valence-corrected chi connectivity index (χ3v) is 8.35. The van der Waals surface area contributed by atoms with E-state index in [1.54, 1.807) is 0 Å². The Morgan fingerprint density at radius 1 is 1.14 bits per heavy atom. The highest BCUT2D eigenvalue weighted by Crippen LogP contribution is 2.51. The predicted molar refractivity (Wildman–Crippen MR) is 105 cm³/mol. The Labute approximate surface area is 171 Å². The molecule has 29 heavy (non-hydrogen) atoms. The lowest BCUT2D eigenvalue weighted by molar-refractivity contribution is 0.0973. The third kappa shape index (κ3) is 4.01. The minimum Gasteiger partial charge on any atom is -0.493 e. The number of carbonyl (C=O) groups is 1. The summed E-state index contributed by atoms with van der Waals surface area (Å²) in [7, 11) is -3.91. The van der Waals surface area contributed by atoms with Crippen molar-refractivity contribution in [2.24, 2.45) is 17.8 Å². The normalized spacial score (nSPS) is 28.9. The molecule has 1 aromatic carbocycles. The van der Waals surface area contributed by atoms with E-state index >= 15 is 0 Å². The summed E-state index contributed by atoms with van der Waals surface area (Å²) in [5, 5.41) is 0. The Kier molecular flexibility index (Phi) is 4.81. The standard InChI is InChI=1S/C21H27FN2O4S/c22-19-11-20(28-12-13-2-3-15-9-16(15)8-13)17(14-4-5-14)10-18(19)21(25)23-29(26,27)24-6-1-7-24/h10-11,13-16H,1-9,12H2,(H,23,25)/t13?,15-,16+/m0/s1. The van der Waals surface area contributed by atoms with Gasteiger partial charge in [0.15, 0.2) is 0 Å². The minimum absolute atomic E-state index is 0.234. The summed E-state index contributed by atoms with van der Waals surface area (Å²) in [6.45, 7) is 1.35. The van der Waals surface area contributed by atoms with Gasteiger partial charge in [-0.3, -0.25) is 4.79 Å². The van der Waals surface area contributed by atoms with Gasteiger partial charge in [-0.2, -0.15) is 12.7 Å². The average Bonchev–Trinajstić information content (AvgIpc) is 3.50. The topological polar surface area (TPSA) is 75.7 Å². The van der Waals surface area contributed by atoms with Gasteiger partial charge < -0.3 is 4.74 Å². The lowest BCUT2D eigenvalue weighted by Crippen LogP contribution is -2.49. The molecule has 6 nitrogen and oxygen atoms in total. The van der Waals surface area contributed by atoms with Gasteiger partial charge >= 0.3 is 10.2 Å². The van der Waals surface area contributed by atoms with Crippen LogP contribution in [0.15, 0.2) is 12.1 Å². The first kappa shape index (κ1) is 19.3. The number of rotatable bonds is 7. The van der Waals surface area contributed by atoms with Gasteiger partial charge in [-0.1, -0.05) is 0 Å². The van der Waals surface area contributed by atoms with Gasteiger partial charge in [0.1, 0.15) is 11.6 Å². The van der Waals surface area contributed by atoms with E-state index in [2.05, 4.69) is 0 Å². The van der Waals surface area contributed by atoms with E-state index in [1.807, 2.05) is 4.72 Å². The molecule has 4 fully saturated rings. The van der Waals surface area contributed by atoms with Crippen molar-refractivity contribution in [1.29, 1.82) is 0 Å². The van der Waals surface area contributed by atoms with Crippen molar-refractivity contribution in [2.75, 3.05) is 19.7 Å². The number of fused-ring (bicyclic) bond motifs is 1. The number of nitrogens with one attached hydrogen (secondary N) is 1. The largest absolute Gasteiger partial charge is 0.493 e. The molecule has 0 aromatic heterocycles. The number of ether oxygens (including phenoxy) is 1. The number of amides is 1. The third-order valence-electron chi connectivity index (χ3n) is 6.86. The number of hydrogen-bond donors (Lipinski definition) is 1. The van der Waals surface area contributed by atoms with Crippen molar-refractivity contribution in [3.8, 4) is 5.75 Å². The lowest BCUT2D eigenvalue weighted by Gasteiger charge is -2.29. The first-order valence-corrected chi connectivity index (χ1v) is 12.1. The summed E-state index contributed by atoms with van der Waals surface area (Å²) >= 11 is 0. The molecular weight excluding hydrogens is 395 g/mol. The Hall–Kier alpha value is -1.67. The fourth-order valence-electron chi connectivity index (χ4n) is 4.66. The van der Waals surface area contributed by atoms with Gasteiger partial charge in [-0.25, -0.2) is 9.11 Å². The summed E-state index contributed by atoms with van der Waals surface area (Å²) in [5.41, 5.74) is 0.583. The van der Waals surface area contributed by atoms with Crippen LogP contribution in [0, 0.1) is 23.6 Å². The van der Waals surface area contributed by atoms with E-state index in [4.69, 9.17) is 4.74 Å². The summed E-state index contributed by atoms with van der Waals surface area (Å²) in [5.74, 6) is 1.39. The maximum atomic E-state index is 14.7. The number of nitrogens with zero attached hydrogens (tertiary/aromatic N) is 1.